The summed E-state index contributed by atoms with van der Waals surface area (Å²) in [4.78, 5) is 0. The Bertz CT molecular complexity index is 540. The molecular weight excluding hydrogens is 260 g/mol. The van der Waals surface area contributed by atoms with Crippen molar-refractivity contribution in [2.75, 3.05) is 12.3 Å². The molecule has 2 N–H and O–H groups in total. The Labute approximate surface area is 115 Å². The van der Waals surface area contributed by atoms with Gasteiger partial charge < -0.3 is 5.73 Å². The molecule has 0 bridgehead atoms. The van der Waals surface area contributed by atoms with Gasteiger partial charge in [-0.3, -0.25) is 0 Å². The van der Waals surface area contributed by atoms with Crippen molar-refractivity contribution in [2.45, 2.75) is 38.5 Å². The topological polar surface area (TPSA) is 63.4 Å². The van der Waals surface area contributed by atoms with Crippen molar-refractivity contribution in [1.82, 2.24) is 4.31 Å². The van der Waals surface area contributed by atoms with E-state index in [-0.39, 0.29) is 11.8 Å². The van der Waals surface area contributed by atoms with Gasteiger partial charge >= 0.3 is 0 Å². The Morgan fingerprint density at radius 1 is 1.37 bits per heavy atom. The molecule has 0 aliphatic carbocycles. The Hall–Kier alpha value is -1.07. The monoisotopic (exact) mass is 282 g/mol. The van der Waals surface area contributed by atoms with Gasteiger partial charge in [0.2, 0.25) is 10.0 Å². The highest BCUT2D eigenvalue weighted by Crippen LogP contribution is 2.28. The van der Waals surface area contributed by atoms with E-state index in [4.69, 9.17) is 5.73 Å². The van der Waals surface area contributed by atoms with Crippen LogP contribution in [0.2, 0.25) is 0 Å². The predicted molar refractivity (Wildman–Crippen MR) is 78.0 cm³/mol. The fourth-order valence-corrected chi connectivity index (χ4v) is 4.71. The van der Waals surface area contributed by atoms with Crippen molar-refractivity contribution >= 4 is 15.7 Å². The normalized spacial score (nSPS) is 21.1. The summed E-state index contributed by atoms with van der Waals surface area (Å²) in [5, 5.41) is 0. The van der Waals surface area contributed by atoms with Gasteiger partial charge in [-0.25, -0.2) is 8.42 Å². The summed E-state index contributed by atoms with van der Waals surface area (Å²) in [6, 6.07) is 7.31. The van der Waals surface area contributed by atoms with Crippen LogP contribution >= 0.6 is 0 Å². The third-order valence-electron chi connectivity index (χ3n) is 3.77. The molecule has 1 atom stereocenters. The largest absolute Gasteiger partial charge is 0.398 e. The molecule has 1 fully saturated rings. The number of rotatable bonds is 4. The van der Waals surface area contributed by atoms with Gasteiger partial charge in [-0.2, -0.15) is 4.31 Å². The number of hydrogen-bond acceptors (Lipinski definition) is 3. The minimum absolute atomic E-state index is 0.00287. The van der Waals surface area contributed by atoms with E-state index < -0.39 is 10.0 Å². The lowest BCUT2D eigenvalue weighted by Gasteiger charge is -2.27. The van der Waals surface area contributed by atoms with Crippen LogP contribution in [-0.4, -0.2) is 25.3 Å². The summed E-state index contributed by atoms with van der Waals surface area (Å²) in [5.74, 6) is 0.355. The van der Waals surface area contributed by atoms with Crippen molar-refractivity contribution in [1.29, 1.82) is 0 Å². The first kappa shape index (κ1) is 14.3. The summed E-state index contributed by atoms with van der Waals surface area (Å²) < 4.78 is 26.8. The van der Waals surface area contributed by atoms with Gasteiger partial charge in [0.15, 0.2) is 0 Å². The molecular formula is C14H22N2O2S. The molecule has 2 rings (SSSR count). The first-order valence-electron chi connectivity index (χ1n) is 6.74. The Morgan fingerprint density at radius 2 is 2.05 bits per heavy atom. The van der Waals surface area contributed by atoms with Crippen LogP contribution in [-0.2, 0) is 15.8 Å². The maximum absolute atomic E-state index is 12.5. The van der Waals surface area contributed by atoms with Gasteiger partial charge in [0.25, 0.3) is 0 Å². The SMILES string of the molecule is CC(C)C1CCCN1S(=O)(=O)Cc1ccccc1N. The molecule has 1 unspecified atom stereocenters. The van der Waals surface area contributed by atoms with E-state index in [1.165, 1.54) is 0 Å². The minimum Gasteiger partial charge on any atom is -0.398 e. The lowest BCUT2D eigenvalue weighted by Crippen LogP contribution is -2.39. The molecule has 1 saturated heterocycles. The van der Waals surface area contributed by atoms with Crippen LogP contribution in [0.5, 0.6) is 0 Å². The average molecular weight is 282 g/mol. The third kappa shape index (κ3) is 3.09. The average Bonchev–Trinajstić information content (AvgIpc) is 2.82. The maximum atomic E-state index is 12.5. The zero-order valence-corrected chi connectivity index (χ0v) is 12.4. The maximum Gasteiger partial charge on any atom is 0.218 e. The number of sulfonamides is 1. The highest BCUT2D eigenvalue weighted by molar-refractivity contribution is 7.88. The summed E-state index contributed by atoms with van der Waals surface area (Å²) in [5.41, 5.74) is 7.08. The number of nitrogen functional groups attached to an aromatic ring is 1. The highest BCUT2D eigenvalue weighted by Gasteiger charge is 2.35. The molecule has 0 spiro atoms. The van der Waals surface area contributed by atoms with Crippen LogP contribution in [0.15, 0.2) is 24.3 Å². The van der Waals surface area contributed by atoms with Gasteiger partial charge in [-0.1, -0.05) is 32.0 Å². The Morgan fingerprint density at radius 3 is 2.68 bits per heavy atom. The number of anilines is 1. The van der Waals surface area contributed by atoms with E-state index in [1.807, 2.05) is 12.1 Å². The van der Waals surface area contributed by atoms with Gasteiger partial charge in [-0.15, -0.1) is 0 Å². The Kier molecular flexibility index (Phi) is 4.16. The first-order valence-corrected chi connectivity index (χ1v) is 8.35. The second-order valence-corrected chi connectivity index (χ2v) is 7.44. The van der Waals surface area contributed by atoms with Gasteiger partial charge in [0, 0.05) is 18.3 Å². The fourth-order valence-electron chi connectivity index (χ4n) is 2.72. The quantitative estimate of drug-likeness (QED) is 0.861. The summed E-state index contributed by atoms with van der Waals surface area (Å²) in [7, 11) is -3.28. The second kappa shape index (κ2) is 5.51. The fraction of sp³-hybridized carbons (Fsp3) is 0.571. The molecule has 5 heteroatoms. The molecule has 0 saturated carbocycles. The van der Waals surface area contributed by atoms with Crippen LogP contribution in [0.1, 0.15) is 32.3 Å². The molecule has 1 aromatic carbocycles. The molecule has 106 valence electrons. The zero-order valence-electron chi connectivity index (χ0n) is 11.5. The van der Waals surface area contributed by atoms with Gasteiger partial charge in [0.1, 0.15) is 0 Å². The highest BCUT2D eigenvalue weighted by atomic mass is 32.2. The van der Waals surface area contributed by atoms with Crippen molar-refractivity contribution in [3.63, 3.8) is 0 Å². The third-order valence-corrected chi connectivity index (χ3v) is 5.61. The number of nitrogens with two attached hydrogens (primary N) is 1. The standard InChI is InChI=1S/C14H22N2O2S/c1-11(2)14-8-5-9-16(14)19(17,18)10-12-6-3-4-7-13(12)15/h3-4,6-7,11,14H,5,8-10,15H2,1-2H3. The van der Waals surface area contributed by atoms with E-state index in [0.717, 1.165) is 12.8 Å². The van der Waals surface area contributed by atoms with Crippen molar-refractivity contribution in [2.24, 2.45) is 5.92 Å². The van der Waals surface area contributed by atoms with Crippen LogP contribution in [0.25, 0.3) is 0 Å². The molecule has 1 aromatic rings. The van der Waals surface area contributed by atoms with Crippen LogP contribution < -0.4 is 5.73 Å². The molecule has 1 aliphatic heterocycles. The lowest BCUT2D eigenvalue weighted by atomic mass is 10.0. The van der Waals surface area contributed by atoms with Gasteiger partial charge in [-0.05, 0) is 30.4 Å². The van der Waals surface area contributed by atoms with E-state index in [2.05, 4.69) is 13.8 Å². The van der Waals surface area contributed by atoms with E-state index in [9.17, 15) is 8.42 Å². The van der Waals surface area contributed by atoms with Crippen molar-refractivity contribution in [3.8, 4) is 0 Å². The first-order chi connectivity index (χ1) is 8.92. The van der Waals surface area contributed by atoms with E-state index in [0.29, 0.717) is 23.7 Å². The number of benzene rings is 1. The van der Waals surface area contributed by atoms with E-state index >= 15 is 0 Å². The molecule has 1 aliphatic rings. The molecule has 0 amide bonds. The second-order valence-electron chi connectivity index (χ2n) is 5.52. The summed E-state index contributed by atoms with van der Waals surface area (Å²) >= 11 is 0. The molecule has 0 radical (unpaired) electrons. The molecule has 4 nitrogen and oxygen atoms in total. The molecule has 0 aromatic heterocycles. The summed E-state index contributed by atoms with van der Waals surface area (Å²) in [6.45, 7) is 4.79. The number of para-hydroxylation sites is 1. The summed E-state index contributed by atoms with van der Waals surface area (Å²) in [6.07, 6.45) is 1.91. The lowest BCUT2D eigenvalue weighted by molar-refractivity contribution is 0.315. The van der Waals surface area contributed by atoms with Crippen LogP contribution in [0, 0.1) is 5.92 Å². The van der Waals surface area contributed by atoms with Crippen LogP contribution in [0.3, 0.4) is 0 Å². The number of nitrogens with zero attached hydrogens (tertiary/aromatic N) is 1. The molecule has 1 heterocycles. The van der Waals surface area contributed by atoms with Crippen LogP contribution in [0.4, 0.5) is 5.69 Å². The predicted octanol–water partition coefficient (Wildman–Crippen LogP) is 2.22. The zero-order chi connectivity index (χ0) is 14.0. The minimum atomic E-state index is -3.28. The van der Waals surface area contributed by atoms with Crippen molar-refractivity contribution < 1.29 is 8.42 Å². The molecule has 19 heavy (non-hydrogen) atoms. The van der Waals surface area contributed by atoms with Gasteiger partial charge in [0.05, 0.1) is 5.75 Å². The number of hydrogen-bond donors (Lipinski definition) is 1. The Balaban J connectivity index is 2.21. The van der Waals surface area contributed by atoms with Crippen molar-refractivity contribution in [3.05, 3.63) is 29.8 Å². The van der Waals surface area contributed by atoms with E-state index in [1.54, 1.807) is 16.4 Å². The smallest absolute Gasteiger partial charge is 0.218 e.